The van der Waals surface area contributed by atoms with Crippen LogP contribution in [0.1, 0.15) is 10.4 Å². The van der Waals surface area contributed by atoms with Crippen LogP contribution in [0.25, 0.3) is 6.08 Å². The molecule has 58 valence electrons. The van der Waals surface area contributed by atoms with Crippen LogP contribution in [0, 0.1) is 6.92 Å². The minimum Gasteiger partial charge on any atom is -0.424 e. The number of thiophene rings is 1. The summed E-state index contributed by atoms with van der Waals surface area (Å²) in [6, 6.07) is 1.99. The largest absolute Gasteiger partial charge is 0.480 e. The van der Waals surface area contributed by atoms with Crippen molar-refractivity contribution in [3.05, 3.63) is 27.9 Å². The molecule has 1 aromatic rings. The standard InChI is InChI=1S/C7H9BO2S/c1-6-3-5-11-7(6)2-4-8(9)10/h2-5,9-10H,1H3/b4-2+. The highest BCUT2D eigenvalue weighted by molar-refractivity contribution is 7.11. The van der Waals surface area contributed by atoms with Crippen molar-refractivity contribution < 1.29 is 10.0 Å². The highest BCUT2D eigenvalue weighted by Gasteiger charge is 1.99. The average Bonchev–Trinajstić information content (AvgIpc) is 2.31. The summed E-state index contributed by atoms with van der Waals surface area (Å²) in [4.78, 5) is 1.07. The maximum atomic E-state index is 8.52. The van der Waals surface area contributed by atoms with Gasteiger partial charge in [-0.3, -0.25) is 0 Å². The van der Waals surface area contributed by atoms with E-state index in [9.17, 15) is 0 Å². The van der Waals surface area contributed by atoms with Gasteiger partial charge in [0.05, 0.1) is 0 Å². The van der Waals surface area contributed by atoms with Crippen LogP contribution < -0.4 is 0 Å². The van der Waals surface area contributed by atoms with Gasteiger partial charge in [0.1, 0.15) is 0 Å². The molecule has 0 radical (unpaired) electrons. The molecule has 0 unspecified atom stereocenters. The van der Waals surface area contributed by atoms with E-state index in [1.54, 1.807) is 17.4 Å². The van der Waals surface area contributed by atoms with E-state index in [0.29, 0.717) is 0 Å². The average molecular weight is 168 g/mol. The second-order valence-electron chi connectivity index (χ2n) is 2.24. The van der Waals surface area contributed by atoms with E-state index in [0.717, 1.165) is 10.4 Å². The molecule has 11 heavy (non-hydrogen) atoms. The third kappa shape index (κ3) is 2.50. The van der Waals surface area contributed by atoms with E-state index in [-0.39, 0.29) is 0 Å². The zero-order valence-electron chi connectivity index (χ0n) is 6.19. The molecule has 2 N–H and O–H groups in total. The highest BCUT2D eigenvalue weighted by Crippen LogP contribution is 2.16. The monoisotopic (exact) mass is 168 g/mol. The Morgan fingerprint density at radius 3 is 2.73 bits per heavy atom. The lowest BCUT2D eigenvalue weighted by Crippen LogP contribution is -2.05. The Hall–Kier alpha value is -0.575. The van der Waals surface area contributed by atoms with Crippen LogP contribution in [0.2, 0.25) is 0 Å². The molecule has 4 heteroatoms. The van der Waals surface area contributed by atoms with Crippen LogP contribution in [-0.4, -0.2) is 17.2 Å². The Kier molecular flexibility index (Phi) is 2.88. The van der Waals surface area contributed by atoms with Gasteiger partial charge in [-0.25, -0.2) is 0 Å². The Labute approximate surface area is 70.0 Å². The topological polar surface area (TPSA) is 40.5 Å². The first kappa shape index (κ1) is 8.52. The molecule has 0 saturated carbocycles. The summed E-state index contributed by atoms with van der Waals surface area (Å²) in [7, 11) is -1.35. The first-order valence-corrected chi connectivity index (χ1v) is 4.16. The van der Waals surface area contributed by atoms with Crippen molar-refractivity contribution in [2.45, 2.75) is 6.92 Å². The van der Waals surface area contributed by atoms with Gasteiger partial charge in [0.15, 0.2) is 0 Å². The number of hydrogen-bond acceptors (Lipinski definition) is 3. The van der Waals surface area contributed by atoms with Crippen molar-refractivity contribution in [3.8, 4) is 0 Å². The van der Waals surface area contributed by atoms with Crippen LogP contribution >= 0.6 is 11.3 Å². The quantitative estimate of drug-likeness (QED) is 0.648. The highest BCUT2D eigenvalue weighted by atomic mass is 32.1. The van der Waals surface area contributed by atoms with Crippen molar-refractivity contribution >= 4 is 24.5 Å². The number of aryl methyl sites for hydroxylation is 1. The fraction of sp³-hybridized carbons (Fsp3) is 0.143. The predicted octanol–water partition coefficient (Wildman–Crippen LogP) is 1.08. The fourth-order valence-electron chi connectivity index (χ4n) is 0.729. The van der Waals surface area contributed by atoms with Crippen molar-refractivity contribution in [1.29, 1.82) is 0 Å². The summed E-state index contributed by atoms with van der Waals surface area (Å²) in [5.41, 5.74) is 1.16. The molecule has 0 spiro atoms. The van der Waals surface area contributed by atoms with E-state index in [2.05, 4.69) is 0 Å². The smallest absolute Gasteiger partial charge is 0.424 e. The first-order valence-electron chi connectivity index (χ1n) is 3.28. The zero-order valence-corrected chi connectivity index (χ0v) is 7.01. The maximum Gasteiger partial charge on any atom is 0.480 e. The maximum absolute atomic E-state index is 8.52. The van der Waals surface area contributed by atoms with Crippen molar-refractivity contribution in [1.82, 2.24) is 0 Å². The normalized spacial score (nSPS) is 10.8. The zero-order chi connectivity index (χ0) is 8.27. The minimum absolute atomic E-state index is 1.07. The van der Waals surface area contributed by atoms with Gasteiger partial charge < -0.3 is 10.0 Å². The predicted molar refractivity (Wildman–Crippen MR) is 48.3 cm³/mol. The molecular formula is C7H9BO2S. The third-order valence-corrected chi connectivity index (χ3v) is 2.31. The number of hydrogen-bond donors (Lipinski definition) is 2. The van der Waals surface area contributed by atoms with Crippen molar-refractivity contribution in [2.24, 2.45) is 0 Å². The van der Waals surface area contributed by atoms with Crippen molar-refractivity contribution in [3.63, 3.8) is 0 Å². The molecule has 0 aliphatic heterocycles. The molecule has 0 bridgehead atoms. The Morgan fingerprint density at radius 2 is 2.27 bits per heavy atom. The molecule has 0 fully saturated rings. The Balaban J connectivity index is 2.71. The molecule has 0 aromatic carbocycles. The van der Waals surface area contributed by atoms with Crippen molar-refractivity contribution in [2.75, 3.05) is 0 Å². The lowest BCUT2D eigenvalue weighted by Gasteiger charge is -1.88. The molecule has 1 rings (SSSR count). The summed E-state index contributed by atoms with van der Waals surface area (Å²) in [6.07, 6.45) is 1.71. The molecule has 1 aromatic heterocycles. The first-order chi connectivity index (χ1) is 5.20. The van der Waals surface area contributed by atoms with Gasteiger partial charge in [-0.05, 0) is 23.9 Å². The van der Waals surface area contributed by atoms with Gasteiger partial charge in [0.25, 0.3) is 0 Å². The van der Waals surface area contributed by atoms with Crippen LogP contribution in [0.4, 0.5) is 0 Å². The second kappa shape index (κ2) is 3.71. The number of rotatable bonds is 2. The lowest BCUT2D eigenvalue weighted by molar-refractivity contribution is 0.424. The van der Waals surface area contributed by atoms with E-state index in [1.807, 2.05) is 18.4 Å². The molecule has 0 aliphatic rings. The third-order valence-electron chi connectivity index (χ3n) is 1.32. The Morgan fingerprint density at radius 1 is 1.55 bits per heavy atom. The molecule has 0 amide bonds. The van der Waals surface area contributed by atoms with Crippen LogP contribution in [-0.2, 0) is 0 Å². The summed E-state index contributed by atoms with van der Waals surface area (Å²) in [5.74, 6) is 1.35. The molecular weight excluding hydrogens is 159 g/mol. The van der Waals surface area contributed by atoms with Crippen LogP contribution in [0.5, 0.6) is 0 Å². The second-order valence-corrected chi connectivity index (χ2v) is 3.19. The summed E-state index contributed by atoms with van der Waals surface area (Å²) in [6.45, 7) is 1.99. The molecule has 1 heterocycles. The van der Waals surface area contributed by atoms with Gasteiger partial charge in [-0.15, -0.1) is 11.3 Å². The van der Waals surface area contributed by atoms with Gasteiger partial charge in [-0.2, -0.15) is 0 Å². The molecule has 0 aliphatic carbocycles. The van der Waals surface area contributed by atoms with Gasteiger partial charge in [0.2, 0.25) is 0 Å². The molecule has 0 saturated heterocycles. The van der Waals surface area contributed by atoms with E-state index >= 15 is 0 Å². The van der Waals surface area contributed by atoms with E-state index < -0.39 is 7.12 Å². The fourth-order valence-corrected chi connectivity index (χ4v) is 1.56. The van der Waals surface area contributed by atoms with Gasteiger partial charge >= 0.3 is 7.12 Å². The van der Waals surface area contributed by atoms with E-state index in [4.69, 9.17) is 10.0 Å². The Bertz CT molecular complexity index is 255. The minimum atomic E-state index is -1.35. The van der Waals surface area contributed by atoms with E-state index in [1.165, 1.54) is 5.98 Å². The van der Waals surface area contributed by atoms with Gasteiger partial charge in [0, 0.05) is 4.88 Å². The summed E-state index contributed by atoms with van der Waals surface area (Å²) >= 11 is 1.58. The van der Waals surface area contributed by atoms with Crippen LogP contribution in [0.15, 0.2) is 17.4 Å². The summed E-state index contributed by atoms with van der Waals surface area (Å²) in [5, 5.41) is 19.0. The van der Waals surface area contributed by atoms with Gasteiger partial charge in [-0.1, -0.05) is 12.1 Å². The van der Waals surface area contributed by atoms with Crippen LogP contribution in [0.3, 0.4) is 0 Å². The summed E-state index contributed by atoms with van der Waals surface area (Å²) < 4.78 is 0. The molecule has 0 atom stereocenters. The SMILES string of the molecule is Cc1ccsc1/C=C/B(O)O. The molecule has 2 nitrogen and oxygen atoms in total. The lowest BCUT2D eigenvalue weighted by atomic mass is 9.91.